The second-order valence-corrected chi connectivity index (χ2v) is 13.5. The minimum absolute atomic E-state index is 0. The van der Waals surface area contributed by atoms with Crippen molar-refractivity contribution < 1.29 is 97.2 Å². The summed E-state index contributed by atoms with van der Waals surface area (Å²) in [5.74, 6) is -1.34. The average Bonchev–Trinajstić information content (AvgIpc) is 3.01. The van der Waals surface area contributed by atoms with Crippen molar-refractivity contribution in [2.45, 2.75) is 106 Å². The number of aryl methyl sites for hydroxylation is 5. The predicted octanol–water partition coefficient (Wildman–Crippen LogP) is 1.41. The maximum absolute atomic E-state index is 12.6. The first-order valence-corrected chi connectivity index (χ1v) is 16.1. The number of aliphatic carboxylic acids is 1. The number of carbonyl (C=O) groups is 2. The van der Waals surface area contributed by atoms with E-state index in [2.05, 4.69) is 32.9 Å². The van der Waals surface area contributed by atoms with Crippen molar-refractivity contribution in [1.82, 2.24) is 19.9 Å². The normalized spacial score (nSPS) is 10.8. The fourth-order valence-electron chi connectivity index (χ4n) is 3.99. The van der Waals surface area contributed by atoms with Crippen LogP contribution in [0.2, 0.25) is 0 Å². The topological polar surface area (TPSA) is 148 Å². The van der Waals surface area contributed by atoms with Crippen molar-refractivity contribution in [2.24, 2.45) is 0 Å². The third kappa shape index (κ3) is 17.5. The molecule has 4 rings (SSSR count). The average molecular weight is 759 g/mol. The van der Waals surface area contributed by atoms with Gasteiger partial charge < -0.3 is 20.1 Å². The second-order valence-electron chi connectivity index (χ2n) is 13.5. The van der Waals surface area contributed by atoms with Gasteiger partial charge in [-0.3, -0.25) is 24.7 Å². The summed E-state index contributed by atoms with van der Waals surface area (Å²) in [4.78, 5) is 38.5. The number of rotatable bonds is 6. The van der Waals surface area contributed by atoms with Crippen molar-refractivity contribution in [3.63, 3.8) is 0 Å². The van der Waals surface area contributed by atoms with Crippen LogP contribution >= 0.6 is 0 Å². The molecule has 0 aromatic carbocycles. The summed E-state index contributed by atoms with van der Waals surface area (Å²) in [6.45, 7) is 21.0. The summed E-state index contributed by atoms with van der Waals surface area (Å²) < 4.78 is 42.9. The van der Waals surface area contributed by atoms with E-state index in [-0.39, 0.29) is 76.3 Å². The molecule has 0 atom stereocenters. The van der Waals surface area contributed by atoms with Crippen LogP contribution in [0.3, 0.4) is 0 Å². The Hall–Kier alpha value is -2.71. The molecule has 0 aliphatic heterocycles. The van der Waals surface area contributed by atoms with Crippen LogP contribution in [0.5, 0.6) is 0 Å². The van der Waals surface area contributed by atoms with Gasteiger partial charge >= 0.3 is 71.3 Å². The third-order valence-corrected chi connectivity index (χ3v) is 7.72. The van der Waals surface area contributed by atoms with Gasteiger partial charge in [-0.2, -0.15) is 13.2 Å². The van der Waals surface area contributed by atoms with E-state index in [1.165, 1.54) is 17.8 Å². The van der Waals surface area contributed by atoms with Crippen LogP contribution in [0.4, 0.5) is 13.2 Å². The van der Waals surface area contributed by atoms with Gasteiger partial charge in [0.1, 0.15) is 10.8 Å². The third-order valence-electron chi connectivity index (χ3n) is 7.72. The molecular formula is C39H51F3N4Na2O5. The van der Waals surface area contributed by atoms with Crippen molar-refractivity contribution in [3.05, 3.63) is 118 Å². The van der Waals surface area contributed by atoms with E-state index in [1.807, 2.05) is 65.1 Å². The predicted molar refractivity (Wildman–Crippen MR) is 189 cm³/mol. The zero-order valence-electron chi connectivity index (χ0n) is 33.6. The van der Waals surface area contributed by atoms with Gasteiger partial charge in [0.2, 0.25) is 0 Å². The number of nitrogens with zero attached hydrogens (tertiary/aromatic N) is 4. The van der Waals surface area contributed by atoms with E-state index < -0.39 is 28.4 Å². The Morgan fingerprint density at radius 1 is 0.623 bits per heavy atom. The molecule has 0 unspecified atom stereocenters. The summed E-state index contributed by atoms with van der Waals surface area (Å²) in [7, 11) is 0. The zero-order valence-corrected chi connectivity index (χ0v) is 37.6. The van der Waals surface area contributed by atoms with E-state index in [9.17, 15) is 27.9 Å². The minimum atomic E-state index is -4.27. The minimum Gasteiger partial charge on any atom is -0.870 e. The van der Waals surface area contributed by atoms with Crippen LogP contribution in [0, 0.1) is 34.6 Å². The molecule has 4 aromatic rings. The summed E-state index contributed by atoms with van der Waals surface area (Å²) in [5, 5.41) is 10.8. The number of halogens is 3. The Morgan fingerprint density at radius 2 is 0.962 bits per heavy atom. The van der Waals surface area contributed by atoms with Gasteiger partial charge in [-0.05, 0) is 154 Å². The smallest absolute Gasteiger partial charge is 0.870 e. The zero-order chi connectivity index (χ0) is 38.5. The van der Waals surface area contributed by atoms with Gasteiger partial charge in [0.05, 0.1) is 29.7 Å². The quantitative estimate of drug-likeness (QED) is 0.210. The van der Waals surface area contributed by atoms with Gasteiger partial charge in [-0.25, -0.2) is 0 Å². The maximum Gasteiger partial charge on any atom is 1.00 e. The van der Waals surface area contributed by atoms with Gasteiger partial charge in [0.25, 0.3) is 0 Å². The molecule has 280 valence electrons. The Labute approximate surface area is 356 Å². The number of ether oxygens (including phenoxy) is 1. The number of carbonyl (C=O) groups excluding carboxylic acids is 2. The molecule has 0 fully saturated rings. The number of aromatic nitrogens is 4. The molecule has 0 saturated carbocycles. The fourth-order valence-corrected chi connectivity index (χ4v) is 3.99. The number of pyridine rings is 4. The Morgan fingerprint density at radius 3 is 1.26 bits per heavy atom. The van der Waals surface area contributed by atoms with Gasteiger partial charge in [0.15, 0.2) is 0 Å². The summed E-state index contributed by atoms with van der Waals surface area (Å²) in [5.41, 5.74) is 3.00. The molecule has 0 amide bonds. The van der Waals surface area contributed by atoms with Crippen molar-refractivity contribution in [3.8, 4) is 0 Å². The molecule has 4 heterocycles. The first kappa shape index (κ1) is 54.6. The largest absolute Gasteiger partial charge is 1.00 e. The number of carboxylic acids is 1. The summed E-state index contributed by atoms with van der Waals surface area (Å²) >= 11 is 0. The number of carboxylic acid groups (broad SMARTS) is 1. The van der Waals surface area contributed by atoms with Crippen LogP contribution in [0.15, 0.2) is 73.3 Å². The van der Waals surface area contributed by atoms with Gasteiger partial charge in [-0.15, -0.1) is 0 Å². The van der Waals surface area contributed by atoms with Gasteiger partial charge in [-0.1, -0.05) is 0 Å². The Balaban J connectivity index is -0.000000628. The van der Waals surface area contributed by atoms with E-state index in [0.29, 0.717) is 12.3 Å². The van der Waals surface area contributed by atoms with Crippen molar-refractivity contribution >= 4 is 11.9 Å². The van der Waals surface area contributed by atoms with E-state index in [1.54, 1.807) is 52.2 Å². The first-order valence-electron chi connectivity index (χ1n) is 16.1. The molecule has 53 heavy (non-hydrogen) atoms. The molecule has 4 aromatic heterocycles. The van der Waals surface area contributed by atoms with Crippen molar-refractivity contribution in [2.75, 3.05) is 6.61 Å². The van der Waals surface area contributed by atoms with Crippen molar-refractivity contribution in [1.29, 1.82) is 0 Å². The second kappa shape index (κ2) is 23.9. The van der Waals surface area contributed by atoms with Crippen LogP contribution in [-0.2, 0) is 30.6 Å². The number of hydrogen-bond donors (Lipinski definition) is 0. The van der Waals surface area contributed by atoms with Crippen LogP contribution in [0.25, 0.3) is 0 Å². The van der Waals surface area contributed by atoms with E-state index >= 15 is 0 Å². The molecular weight excluding hydrogens is 707 g/mol. The van der Waals surface area contributed by atoms with Crippen LogP contribution in [-0.4, -0.2) is 50.1 Å². The molecule has 0 bridgehead atoms. The molecule has 0 spiro atoms. The molecule has 0 aliphatic rings. The Kier molecular flexibility index (Phi) is 24.7. The summed E-state index contributed by atoms with van der Waals surface area (Å²) in [6.07, 6.45) is 2.28. The Bertz CT molecular complexity index is 1700. The van der Waals surface area contributed by atoms with Crippen LogP contribution < -0.4 is 64.2 Å². The molecule has 0 radical (unpaired) electrons. The van der Waals surface area contributed by atoms with Gasteiger partial charge in [0, 0.05) is 35.9 Å². The standard InChI is InChI=1S/C12H17NO2.C10H12F3N.C10H13NO2.C7H9N.2Na.H2O/c1-5-15-11(14)12(3,4)10-8-9(2)6-7-13-10;1-7-4-5-14-8(6-7)9(2,3)10(11,12)13;1-7-4-5-11-8(6-7)10(2,3)9(12)13;1-6-3-4-8-7(2)5-6;;;/h6-8H,5H2,1-4H3;4-6H,1-3H3;4-6H,1-3H3,(H,12,13);3-5H,1-2H3;;;1H2/q;;;;2*+1;/p-2. The SMILES string of the molecule is CCOC(=O)C(C)(C)c1cc(C)ccn1.Cc1ccnc(C(C)(C)C(=O)[O-])c1.Cc1ccnc(C(C)(C)C(F)(F)F)c1.Cc1ccnc(C)c1.[Na+].[Na+].[OH-]. The molecule has 9 nitrogen and oxygen atoms in total. The maximum atomic E-state index is 12.6. The molecule has 0 aliphatic carbocycles. The molecule has 1 N–H and O–H groups in total. The first-order chi connectivity index (χ1) is 23.0. The monoisotopic (exact) mass is 758 g/mol. The molecule has 0 saturated heterocycles. The number of alkyl halides is 3. The number of esters is 1. The fraction of sp³-hybridized carbons (Fsp3) is 0.436. The summed E-state index contributed by atoms with van der Waals surface area (Å²) in [6, 6.07) is 14.6. The van der Waals surface area contributed by atoms with E-state index in [0.717, 1.165) is 41.9 Å². The van der Waals surface area contributed by atoms with Crippen LogP contribution in [0.1, 0.15) is 93.5 Å². The number of hydrogen-bond acceptors (Lipinski definition) is 9. The van der Waals surface area contributed by atoms with E-state index in [4.69, 9.17) is 4.74 Å². The molecule has 14 heteroatoms.